The summed E-state index contributed by atoms with van der Waals surface area (Å²) in [6.07, 6.45) is 2.92. The first-order valence-corrected chi connectivity index (χ1v) is 6.37. The van der Waals surface area contributed by atoms with Crippen LogP contribution in [0.2, 0.25) is 5.02 Å². The van der Waals surface area contributed by atoms with Crippen LogP contribution in [-0.4, -0.2) is 9.78 Å². The van der Waals surface area contributed by atoms with Crippen molar-refractivity contribution in [3.05, 3.63) is 41.0 Å². The molecule has 0 spiro atoms. The van der Waals surface area contributed by atoms with Gasteiger partial charge in [0.25, 0.3) is 0 Å². The van der Waals surface area contributed by atoms with Gasteiger partial charge in [-0.25, -0.2) is 0 Å². The molecule has 1 heterocycles. The number of hydrogen-bond acceptors (Lipinski definition) is 1. The number of halogens is 1. The molecule has 0 saturated carbocycles. The molecule has 0 atom stereocenters. The van der Waals surface area contributed by atoms with E-state index in [0.717, 1.165) is 22.7 Å². The van der Waals surface area contributed by atoms with Crippen LogP contribution in [0.15, 0.2) is 30.5 Å². The summed E-state index contributed by atoms with van der Waals surface area (Å²) in [7, 11) is 1.90. The number of nitrogens with zero attached hydrogens (tertiary/aromatic N) is 2. The van der Waals surface area contributed by atoms with Crippen molar-refractivity contribution >= 4 is 11.6 Å². The Kier molecular flexibility index (Phi) is 5.23. The van der Waals surface area contributed by atoms with E-state index >= 15 is 0 Å². The van der Waals surface area contributed by atoms with Crippen molar-refractivity contribution in [1.29, 1.82) is 0 Å². The molecule has 2 aromatic rings. The zero-order chi connectivity index (χ0) is 12.8. The maximum absolute atomic E-state index is 6.20. The fourth-order valence-corrected chi connectivity index (χ4v) is 1.84. The Morgan fingerprint density at radius 3 is 2.41 bits per heavy atom. The van der Waals surface area contributed by atoms with E-state index in [1.165, 1.54) is 5.56 Å². The van der Waals surface area contributed by atoms with Crippen LogP contribution in [0.25, 0.3) is 11.3 Å². The molecule has 3 heteroatoms. The van der Waals surface area contributed by atoms with E-state index in [9.17, 15) is 0 Å². The summed E-state index contributed by atoms with van der Waals surface area (Å²) in [4.78, 5) is 0. The molecule has 0 amide bonds. The first-order valence-electron chi connectivity index (χ1n) is 5.99. The van der Waals surface area contributed by atoms with Crippen LogP contribution in [0.1, 0.15) is 26.3 Å². The molecule has 0 saturated heterocycles. The number of rotatable bonds is 2. The highest BCUT2D eigenvalue weighted by Crippen LogP contribution is 2.27. The van der Waals surface area contributed by atoms with Gasteiger partial charge in [0.15, 0.2) is 0 Å². The SMILES string of the molecule is CC.CCc1ccc(-c2ccn(C)n2)c(Cl)c1. The highest BCUT2D eigenvalue weighted by molar-refractivity contribution is 6.33. The summed E-state index contributed by atoms with van der Waals surface area (Å²) < 4.78 is 1.78. The van der Waals surface area contributed by atoms with E-state index in [1.54, 1.807) is 4.68 Å². The summed E-state index contributed by atoms with van der Waals surface area (Å²) in [5, 5.41) is 5.10. The van der Waals surface area contributed by atoms with Crippen LogP contribution in [0.3, 0.4) is 0 Å². The number of benzene rings is 1. The highest BCUT2D eigenvalue weighted by Gasteiger charge is 2.06. The lowest BCUT2D eigenvalue weighted by Gasteiger charge is -2.03. The normalized spacial score (nSPS) is 9.71. The molecule has 0 aliphatic rings. The van der Waals surface area contributed by atoms with Gasteiger partial charge in [-0.1, -0.05) is 44.5 Å². The van der Waals surface area contributed by atoms with Crippen molar-refractivity contribution in [3.8, 4) is 11.3 Å². The average Bonchev–Trinajstić information content (AvgIpc) is 2.78. The van der Waals surface area contributed by atoms with Crippen molar-refractivity contribution in [1.82, 2.24) is 9.78 Å². The van der Waals surface area contributed by atoms with Gasteiger partial charge in [-0.3, -0.25) is 4.68 Å². The van der Waals surface area contributed by atoms with Crippen molar-refractivity contribution in [2.24, 2.45) is 7.05 Å². The second kappa shape index (κ2) is 6.45. The van der Waals surface area contributed by atoms with E-state index < -0.39 is 0 Å². The first-order chi connectivity index (χ1) is 8.20. The Bertz CT molecular complexity index is 475. The molecule has 0 N–H and O–H groups in total. The molecule has 0 aliphatic carbocycles. The number of aryl methyl sites for hydroxylation is 2. The van der Waals surface area contributed by atoms with Crippen molar-refractivity contribution < 1.29 is 0 Å². The second-order valence-corrected chi connectivity index (χ2v) is 3.95. The summed E-state index contributed by atoms with van der Waals surface area (Å²) in [6, 6.07) is 8.10. The lowest BCUT2D eigenvalue weighted by molar-refractivity contribution is 0.771. The molecular weight excluding hydrogens is 232 g/mol. The van der Waals surface area contributed by atoms with Crippen LogP contribution in [0.5, 0.6) is 0 Å². The predicted octanol–water partition coefficient (Wildman–Crippen LogP) is 4.33. The van der Waals surface area contributed by atoms with Gasteiger partial charge in [-0.15, -0.1) is 0 Å². The fraction of sp³-hybridized carbons (Fsp3) is 0.357. The van der Waals surface area contributed by atoms with Crippen molar-refractivity contribution in [2.75, 3.05) is 0 Å². The number of aromatic nitrogens is 2. The Labute approximate surface area is 108 Å². The second-order valence-electron chi connectivity index (χ2n) is 3.54. The van der Waals surface area contributed by atoms with Gasteiger partial charge < -0.3 is 0 Å². The van der Waals surface area contributed by atoms with Gasteiger partial charge in [0, 0.05) is 18.8 Å². The molecule has 0 aliphatic heterocycles. The molecule has 1 aromatic carbocycles. The van der Waals surface area contributed by atoms with Gasteiger partial charge >= 0.3 is 0 Å². The maximum Gasteiger partial charge on any atom is 0.0937 e. The molecule has 0 radical (unpaired) electrons. The quantitative estimate of drug-likeness (QED) is 0.776. The molecule has 17 heavy (non-hydrogen) atoms. The topological polar surface area (TPSA) is 17.8 Å². The molecule has 92 valence electrons. The van der Waals surface area contributed by atoms with Crippen LogP contribution in [0, 0.1) is 0 Å². The first kappa shape index (κ1) is 13.8. The van der Waals surface area contributed by atoms with E-state index in [2.05, 4.69) is 18.1 Å². The maximum atomic E-state index is 6.20. The molecule has 1 aromatic heterocycles. The molecular formula is C14H19ClN2. The van der Waals surface area contributed by atoms with Crippen LogP contribution >= 0.6 is 11.6 Å². The lowest BCUT2D eigenvalue weighted by Crippen LogP contribution is -1.89. The van der Waals surface area contributed by atoms with E-state index in [-0.39, 0.29) is 0 Å². The molecule has 2 nitrogen and oxygen atoms in total. The van der Waals surface area contributed by atoms with Crippen molar-refractivity contribution in [3.63, 3.8) is 0 Å². The number of hydrogen-bond donors (Lipinski definition) is 0. The third-order valence-electron chi connectivity index (χ3n) is 2.43. The van der Waals surface area contributed by atoms with E-state index in [4.69, 9.17) is 11.6 Å². The summed E-state index contributed by atoms with van der Waals surface area (Å²) >= 11 is 6.20. The van der Waals surface area contributed by atoms with E-state index in [0.29, 0.717) is 0 Å². The highest BCUT2D eigenvalue weighted by atomic mass is 35.5. The smallest absolute Gasteiger partial charge is 0.0937 e. The Hall–Kier alpha value is -1.28. The predicted molar refractivity (Wildman–Crippen MR) is 74.4 cm³/mol. The Morgan fingerprint density at radius 2 is 1.94 bits per heavy atom. The zero-order valence-corrected chi connectivity index (χ0v) is 11.6. The summed E-state index contributed by atoms with van der Waals surface area (Å²) in [5.74, 6) is 0. The summed E-state index contributed by atoms with van der Waals surface area (Å²) in [5.41, 5.74) is 3.17. The van der Waals surface area contributed by atoms with Crippen LogP contribution in [0.4, 0.5) is 0 Å². The molecule has 0 fully saturated rings. The zero-order valence-electron chi connectivity index (χ0n) is 10.9. The fourth-order valence-electron chi connectivity index (χ4n) is 1.54. The third-order valence-corrected chi connectivity index (χ3v) is 2.74. The minimum absolute atomic E-state index is 0.771. The Balaban J connectivity index is 0.000000686. The lowest BCUT2D eigenvalue weighted by atomic mass is 10.1. The largest absolute Gasteiger partial charge is 0.275 e. The van der Waals surface area contributed by atoms with E-state index in [1.807, 2.05) is 45.3 Å². The average molecular weight is 251 g/mol. The standard InChI is InChI=1S/C12H13ClN2.C2H6/c1-3-9-4-5-10(11(13)8-9)12-6-7-15(2)14-12;1-2/h4-8H,3H2,1-2H3;1-2H3. The van der Waals surface area contributed by atoms with Crippen molar-refractivity contribution in [2.45, 2.75) is 27.2 Å². The Morgan fingerprint density at radius 1 is 1.24 bits per heavy atom. The summed E-state index contributed by atoms with van der Waals surface area (Å²) in [6.45, 7) is 6.12. The molecule has 0 bridgehead atoms. The monoisotopic (exact) mass is 250 g/mol. The van der Waals surface area contributed by atoms with Crippen LogP contribution < -0.4 is 0 Å². The van der Waals surface area contributed by atoms with Gasteiger partial charge in [0.2, 0.25) is 0 Å². The van der Waals surface area contributed by atoms with Gasteiger partial charge in [-0.2, -0.15) is 5.10 Å². The molecule has 2 rings (SSSR count). The minimum atomic E-state index is 0.771. The minimum Gasteiger partial charge on any atom is -0.275 e. The van der Waals surface area contributed by atoms with Crippen LogP contribution in [-0.2, 0) is 13.5 Å². The van der Waals surface area contributed by atoms with Gasteiger partial charge in [0.1, 0.15) is 0 Å². The molecule has 0 unspecified atom stereocenters. The van der Waals surface area contributed by atoms with Gasteiger partial charge in [-0.05, 0) is 24.1 Å². The third kappa shape index (κ3) is 3.34. The van der Waals surface area contributed by atoms with Gasteiger partial charge in [0.05, 0.1) is 10.7 Å².